The lowest BCUT2D eigenvalue weighted by molar-refractivity contribution is -0.132. The first kappa shape index (κ1) is 22.2. The van der Waals surface area contributed by atoms with Gasteiger partial charge < -0.3 is 19.4 Å². The summed E-state index contributed by atoms with van der Waals surface area (Å²) < 4.78 is 10.8. The zero-order chi connectivity index (χ0) is 21.7. The van der Waals surface area contributed by atoms with Crippen molar-refractivity contribution in [2.45, 2.75) is 45.6 Å². The van der Waals surface area contributed by atoms with E-state index in [0.717, 1.165) is 18.4 Å². The third kappa shape index (κ3) is 6.49. The smallest absolute Gasteiger partial charge is 0.407 e. The Kier molecular flexibility index (Phi) is 7.02. The van der Waals surface area contributed by atoms with Crippen LogP contribution in [0.4, 0.5) is 4.79 Å². The SMILES string of the molecule is CC(C)(C)OC(=O)NCC1CCCN(C(=O)Cc2coc(-c3ccc(Cl)cc3)n2)C1. The molecule has 0 spiro atoms. The summed E-state index contributed by atoms with van der Waals surface area (Å²) in [5.74, 6) is 0.678. The zero-order valence-corrected chi connectivity index (χ0v) is 18.4. The van der Waals surface area contributed by atoms with Crippen molar-refractivity contribution in [2.24, 2.45) is 5.92 Å². The number of carbonyl (C=O) groups excluding carboxylic acids is 2. The van der Waals surface area contributed by atoms with Crippen molar-refractivity contribution in [3.8, 4) is 11.5 Å². The van der Waals surface area contributed by atoms with Crippen molar-refractivity contribution >= 4 is 23.6 Å². The van der Waals surface area contributed by atoms with Crippen LogP contribution in [0.3, 0.4) is 0 Å². The number of nitrogens with zero attached hydrogens (tertiary/aromatic N) is 2. The lowest BCUT2D eigenvalue weighted by Gasteiger charge is -2.33. The number of likely N-dealkylation sites (tertiary alicyclic amines) is 1. The number of hydrogen-bond acceptors (Lipinski definition) is 5. The first-order valence-corrected chi connectivity index (χ1v) is 10.5. The predicted molar refractivity (Wildman–Crippen MR) is 114 cm³/mol. The van der Waals surface area contributed by atoms with Crippen LogP contribution in [0.5, 0.6) is 0 Å². The molecule has 1 saturated heterocycles. The predicted octanol–water partition coefficient (Wildman–Crippen LogP) is 4.30. The van der Waals surface area contributed by atoms with Gasteiger partial charge in [-0.25, -0.2) is 9.78 Å². The van der Waals surface area contributed by atoms with E-state index in [4.69, 9.17) is 20.8 Å². The van der Waals surface area contributed by atoms with E-state index >= 15 is 0 Å². The van der Waals surface area contributed by atoms with E-state index in [1.165, 1.54) is 6.26 Å². The molecule has 0 saturated carbocycles. The molecule has 8 heteroatoms. The van der Waals surface area contributed by atoms with Crippen molar-refractivity contribution in [1.82, 2.24) is 15.2 Å². The highest BCUT2D eigenvalue weighted by Gasteiger charge is 2.25. The second-order valence-corrected chi connectivity index (χ2v) is 8.99. The van der Waals surface area contributed by atoms with Crippen molar-refractivity contribution in [3.63, 3.8) is 0 Å². The Morgan fingerprint density at radius 2 is 2.03 bits per heavy atom. The molecule has 7 nitrogen and oxygen atoms in total. The molecular weight excluding hydrogens is 406 g/mol. The first-order chi connectivity index (χ1) is 14.2. The zero-order valence-electron chi connectivity index (χ0n) is 17.6. The van der Waals surface area contributed by atoms with E-state index in [9.17, 15) is 9.59 Å². The van der Waals surface area contributed by atoms with Crippen LogP contribution in [0.1, 0.15) is 39.3 Å². The highest BCUT2D eigenvalue weighted by atomic mass is 35.5. The summed E-state index contributed by atoms with van der Waals surface area (Å²) in [6, 6.07) is 7.19. The van der Waals surface area contributed by atoms with Gasteiger partial charge >= 0.3 is 6.09 Å². The molecule has 0 aliphatic carbocycles. The Labute approximate surface area is 181 Å². The summed E-state index contributed by atoms with van der Waals surface area (Å²) in [5, 5.41) is 3.45. The van der Waals surface area contributed by atoms with Crippen molar-refractivity contribution in [1.29, 1.82) is 0 Å². The van der Waals surface area contributed by atoms with Gasteiger partial charge in [0.2, 0.25) is 11.8 Å². The summed E-state index contributed by atoms with van der Waals surface area (Å²) in [5.41, 5.74) is 0.879. The summed E-state index contributed by atoms with van der Waals surface area (Å²) >= 11 is 5.91. The monoisotopic (exact) mass is 433 g/mol. The molecule has 1 aromatic heterocycles. The Hall–Kier alpha value is -2.54. The number of aromatic nitrogens is 1. The molecule has 2 amide bonds. The number of carbonyl (C=O) groups is 2. The molecule has 0 bridgehead atoms. The largest absolute Gasteiger partial charge is 0.444 e. The Morgan fingerprint density at radius 3 is 2.73 bits per heavy atom. The number of piperidine rings is 1. The second kappa shape index (κ2) is 9.51. The standard InChI is InChI=1S/C22H28ClN3O4/c1-22(2,3)30-21(28)24-12-15-5-4-10-26(13-15)19(27)11-18-14-29-20(25-18)16-6-8-17(23)9-7-16/h6-9,14-15H,4-5,10-13H2,1-3H3,(H,24,28). The highest BCUT2D eigenvalue weighted by Crippen LogP contribution is 2.22. The van der Waals surface area contributed by atoms with Gasteiger partial charge in [0.25, 0.3) is 0 Å². The van der Waals surface area contributed by atoms with Gasteiger partial charge in [0.15, 0.2) is 0 Å². The van der Waals surface area contributed by atoms with Gasteiger partial charge in [-0.05, 0) is 63.8 Å². The molecule has 1 N–H and O–H groups in total. The molecule has 1 unspecified atom stereocenters. The average molecular weight is 434 g/mol. The van der Waals surface area contributed by atoms with Gasteiger partial charge in [0.1, 0.15) is 11.9 Å². The Balaban J connectivity index is 1.50. The van der Waals surface area contributed by atoms with E-state index in [1.807, 2.05) is 37.8 Å². The van der Waals surface area contributed by atoms with E-state index < -0.39 is 11.7 Å². The Morgan fingerprint density at radius 1 is 1.30 bits per heavy atom. The van der Waals surface area contributed by atoms with Crippen molar-refractivity contribution in [3.05, 3.63) is 41.2 Å². The minimum absolute atomic E-state index is 0.00734. The number of oxazole rings is 1. The summed E-state index contributed by atoms with van der Waals surface area (Å²) in [6.07, 6.45) is 3.14. The number of alkyl carbamates (subject to hydrolysis) is 1. The number of rotatable bonds is 5. The van der Waals surface area contributed by atoms with Gasteiger partial charge in [0.05, 0.1) is 12.1 Å². The fourth-order valence-corrected chi connectivity index (χ4v) is 3.51. The molecule has 2 aromatic rings. The maximum absolute atomic E-state index is 12.7. The average Bonchev–Trinajstić information content (AvgIpc) is 3.14. The van der Waals surface area contributed by atoms with E-state index in [-0.39, 0.29) is 18.2 Å². The quantitative estimate of drug-likeness (QED) is 0.759. The third-order valence-electron chi connectivity index (χ3n) is 4.78. The third-order valence-corrected chi connectivity index (χ3v) is 5.03. The van der Waals surface area contributed by atoms with E-state index in [0.29, 0.717) is 36.2 Å². The van der Waals surface area contributed by atoms with Crippen LogP contribution in [0, 0.1) is 5.92 Å². The molecule has 162 valence electrons. The van der Waals surface area contributed by atoms with Crippen LogP contribution >= 0.6 is 11.6 Å². The summed E-state index contributed by atoms with van der Waals surface area (Å²) in [7, 11) is 0. The Bertz CT molecular complexity index is 873. The van der Waals surface area contributed by atoms with E-state index in [2.05, 4.69) is 10.3 Å². The first-order valence-electron chi connectivity index (χ1n) is 10.1. The molecule has 1 aromatic carbocycles. The molecule has 2 heterocycles. The van der Waals surface area contributed by atoms with Crippen LogP contribution in [0.2, 0.25) is 5.02 Å². The van der Waals surface area contributed by atoms with Gasteiger partial charge in [-0.3, -0.25) is 4.79 Å². The molecule has 1 fully saturated rings. The van der Waals surface area contributed by atoms with Crippen LogP contribution in [0.25, 0.3) is 11.5 Å². The lowest BCUT2D eigenvalue weighted by atomic mass is 9.97. The van der Waals surface area contributed by atoms with Crippen molar-refractivity contribution < 1.29 is 18.7 Å². The van der Waals surface area contributed by atoms with Gasteiger partial charge in [-0.1, -0.05) is 11.6 Å². The number of halogens is 1. The minimum atomic E-state index is -0.527. The summed E-state index contributed by atoms with van der Waals surface area (Å²) in [4.78, 5) is 30.9. The molecule has 3 rings (SSSR count). The highest BCUT2D eigenvalue weighted by molar-refractivity contribution is 6.30. The van der Waals surface area contributed by atoms with Crippen LogP contribution in [-0.4, -0.2) is 47.1 Å². The fourth-order valence-electron chi connectivity index (χ4n) is 3.38. The maximum atomic E-state index is 12.7. The van der Waals surface area contributed by atoms with Gasteiger partial charge in [-0.2, -0.15) is 0 Å². The molecule has 1 aliphatic rings. The van der Waals surface area contributed by atoms with Gasteiger partial charge in [0, 0.05) is 30.2 Å². The second-order valence-electron chi connectivity index (χ2n) is 8.56. The van der Waals surface area contributed by atoms with Crippen molar-refractivity contribution in [2.75, 3.05) is 19.6 Å². The number of ether oxygens (including phenoxy) is 1. The number of benzene rings is 1. The molecular formula is C22H28ClN3O4. The van der Waals surface area contributed by atoms with Crippen LogP contribution < -0.4 is 5.32 Å². The topological polar surface area (TPSA) is 84.7 Å². The van der Waals surface area contributed by atoms with Crippen LogP contribution in [-0.2, 0) is 16.0 Å². The number of nitrogens with one attached hydrogen (secondary N) is 1. The maximum Gasteiger partial charge on any atom is 0.407 e. The normalized spacial score (nSPS) is 16.9. The fraction of sp³-hybridized carbons (Fsp3) is 0.500. The lowest BCUT2D eigenvalue weighted by Crippen LogP contribution is -2.45. The number of hydrogen-bond donors (Lipinski definition) is 1. The van der Waals surface area contributed by atoms with Gasteiger partial charge in [-0.15, -0.1) is 0 Å². The van der Waals surface area contributed by atoms with E-state index in [1.54, 1.807) is 12.1 Å². The molecule has 30 heavy (non-hydrogen) atoms. The number of amides is 2. The van der Waals surface area contributed by atoms with Crippen LogP contribution in [0.15, 0.2) is 34.9 Å². The molecule has 1 atom stereocenters. The minimum Gasteiger partial charge on any atom is -0.444 e. The molecule has 0 radical (unpaired) electrons. The summed E-state index contributed by atoms with van der Waals surface area (Å²) in [6.45, 7) is 7.30. The molecule has 1 aliphatic heterocycles.